The maximum absolute atomic E-state index is 12.4. The normalized spacial score (nSPS) is 26.0. The van der Waals surface area contributed by atoms with Gasteiger partial charge in [0.1, 0.15) is 5.75 Å². The number of amides is 1. The van der Waals surface area contributed by atoms with Crippen LogP contribution in [0.2, 0.25) is 0 Å². The molecule has 2 fully saturated rings. The van der Waals surface area contributed by atoms with Crippen molar-refractivity contribution in [3.63, 3.8) is 0 Å². The summed E-state index contributed by atoms with van der Waals surface area (Å²) in [7, 11) is 1.80. The highest BCUT2D eigenvalue weighted by Crippen LogP contribution is 2.58. The molecule has 2 aliphatic rings. The highest BCUT2D eigenvalue weighted by molar-refractivity contribution is 5.96. The van der Waals surface area contributed by atoms with Gasteiger partial charge in [0.25, 0.3) is 0 Å². The number of hydrogen-bond donors (Lipinski definition) is 1. The van der Waals surface area contributed by atoms with Crippen LogP contribution in [0.4, 0.5) is 5.69 Å². The standard InChI is InChI=1S/C16H19NO4/c1-17(16(20)15-12-3-2-4-13(12)15)10-5-7-11(8-6-10)21-9-14(18)19/h5-8,12-13,15H,2-4,9H2,1H3,(H,18,19). The van der Waals surface area contributed by atoms with E-state index in [-0.39, 0.29) is 18.4 Å². The van der Waals surface area contributed by atoms with Gasteiger partial charge >= 0.3 is 5.97 Å². The number of aliphatic carboxylic acids is 1. The second kappa shape index (κ2) is 5.39. The summed E-state index contributed by atoms with van der Waals surface area (Å²) in [5.41, 5.74) is 0.813. The van der Waals surface area contributed by atoms with Crippen LogP contribution in [0.5, 0.6) is 5.75 Å². The van der Waals surface area contributed by atoms with Gasteiger partial charge in [-0.15, -0.1) is 0 Å². The molecule has 0 aromatic heterocycles. The molecule has 0 aliphatic heterocycles. The fraction of sp³-hybridized carbons (Fsp3) is 0.500. The number of hydrogen-bond acceptors (Lipinski definition) is 3. The number of carboxylic acid groups (broad SMARTS) is 1. The number of rotatable bonds is 5. The maximum atomic E-state index is 12.4. The zero-order chi connectivity index (χ0) is 15.0. The van der Waals surface area contributed by atoms with Crippen molar-refractivity contribution in [3.8, 4) is 5.75 Å². The van der Waals surface area contributed by atoms with Gasteiger partial charge in [0.2, 0.25) is 5.91 Å². The van der Waals surface area contributed by atoms with Crippen LogP contribution < -0.4 is 9.64 Å². The van der Waals surface area contributed by atoms with Gasteiger partial charge in [-0.05, 0) is 48.9 Å². The molecule has 1 aromatic carbocycles. The Morgan fingerprint density at radius 2 is 1.86 bits per heavy atom. The summed E-state index contributed by atoms with van der Waals surface area (Å²) in [6, 6.07) is 6.95. The Kier molecular flexibility index (Phi) is 3.57. The molecule has 0 bridgehead atoms. The highest BCUT2D eigenvalue weighted by atomic mass is 16.5. The first-order valence-electron chi connectivity index (χ1n) is 7.30. The number of ether oxygens (including phenoxy) is 1. The Morgan fingerprint density at radius 1 is 1.24 bits per heavy atom. The topological polar surface area (TPSA) is 66.8 Å². The summed E-state index contributed by atoms with van der Waals surface area (Å²) in [4.78, 5) is 24.6. The first-order chi connectivity index (χ1) is 10.1. The molecule has 1 amide bonds. The van der Waals surface area contributed by atoms with Crippen molar-refractivity contribution >= 4 is 17.6 Å². The minimum absolute atomic E-state index is 0.198. The number of benzene rings is 1. The number of anilines is 1. The summed E-state index contributed by atoms with van der Waals surface area (Å²) < 4.78 is 5.08. The number of fused-ring (bicyclic) bond motifs is 1. The van der Waals surface area contributed by atoms with E-state index in [2.05, 4.69) is 0 Å². The molecule has 5 heteroatoms. The van der Waals surface area contributed by atoms with Crippen molar-refractivity contribution in [2.45, 2.75) is 19.3 Å². The van der Waals surface area contributed by atoms with E-state index in [1.54, 1.807) is 36.2 Å². The Morgan fingerprint density at radius 3 is 2.43 bits per heavy atom. The average Bonchev–Trinajstić information content (AvgIpc) is 2.96. The number of carboxylic acids is 1. The van der Waals surface area contributed by atoms with Gasteiger partial charge in [0, 0.05) is 18.7 Å². The van der Waals surface area contributed by atoms with Crippen molar-refractivity contribution in [1.82, 2.24) is 0 Å². The van der Waals surface area contributed by atoms with Crippen molar-refractivity contribution in [2.24, 2.45) is 17.8 Å². The summed E-state index contributed by atoms with van der Waals surface area (Å²) in [6.45, 7) is -0.362. The van der Waals surface area contributed by atoms with E-state index in [1.807, 2.05) is 0 Å². The molecule has 2 atom stereocenters. The maximum Gasteiger partial charge on any atom is 0.341 e. The van der Waals surface area contributed by atoms with E-state index in [4.69, 9.17) is 9.84 Å². The Hall–Kier alpha value is -2.04. The van der Waals surface area contributed by atoms with Crippen LogP contribution in [0.15, 0.2) is 24.3 Å². The van der Waals surface area contributed by atoms with Gasteiger partial charge in [-0.1, -0.05) is 6.42 Å². The molecular weight excluding hydrogens is 270 g/mol. The molecule has 2 aliphatic carbocycles. The summed E-state index contributed by atoms with van der Waals surface area (Å²) in [6.07, 6.45) is 3.65. The van der Waals surface area contributed by atoms with Gasteiger partial charge in [-0.3, -0.25) is 4.79 Å². The van der Waals surface area contributed by atoms with Gasteiger partial charge in [0.05, 0.1) is 0 Å². The van der Waals surface area contributed by atoms with E-state index >= 15 is 0 Å². The molecule has 0 heterocycles. The molecule has 2 unspecified atom stereocenters. The van der Waals surface area contributed by atoms with E-state index in [9.17, 15) is 9.59 Å². The van der Waals surface area contributed by atoms with Crippen molar-refractivity contribution < 1.29 is 19.4 Å². The highest BCUT2D eigenvalue weighted by Gasteiger charge is 2.57. The predicted molar refractivity (Wildman–Crippen MR) is 77.3 cm³/mol. The molecule has 0 saturated heterocycles. The van der Waals surface area contributed by atoms with Crippen LogP contribution in [0.25, 0.3) is 0 Å². The summed E-state index contributed by atoms with van der Waals surface area (Å²) >= 11 is 0. The van der Waals surface area contributed by atoms with Crippen molar-refractivity contribution in [2.75, 3.05) is 18.6 Å². The Bertz CT molecular complexity index is 544. The molecule has 112 valence electrons. The van der Waals surface area contributed by atoms with Crippen molar-refractivity contribution in [3.05, 3.63) is 24.3 Å². The molecule has 0 spiro atoms. The minimum Gasteiger partial charge on any atom is -0.482 e. The average molecular weight is 289 g/mol. The number of carbonyl (C=O) groups excluding carboxylic acids is 1. The number of nitrogens with zero attached hydrogens (tertiary/aromatic N) is 1. The molecule has 21 heavy (non-hydrogen) atoms. The molecular formula is C16H19NO4. The SMILES string of the molecule is CN(C(=O)C1C2CCCC21)c1ccc(OCC(=O)O)cc1. The zero-order valence-electron chi connectivity index (χ0n) is 12.0. The molecule has 1 aromatic rings. The van der Waals surface area contributed by atoms with Crippen molar-refractivity contribution in [1.29, 1.82) is 0 Å². The first kappa shape index (κ1) is 13.9. The lowest BCUT2D eigenvalue weighted by molar-refractivity contribution is -0.139. The summed E-state index contributed by atoms with van der Waals surface area (Å²) in [5.74, 6) is 1.11. The zero-order valence-corrected chi connectivity index (χ0v) is 12.0. The molecule has 5 nitrogen and oxygen atoms in total. The fourth-order valence-corrected chi connectivity index (χ4v) is 3.45. The Labute approximate surface area is 123 Å². The third kappa shape index (κ3) is 2.73. The van der Waals surface area contributed by atoms with Crippen LogP contribution in [0, 0.1) is 17.8 Å². The lowest BCUT2D eigenvalue weighted by Gasteiger charge is -2.18. The minimum atomic E-state index is -1.01. The fourth-order valence-electron chi connectivity index (χ4n) is 3.45. The van der Waals surface area contributed by atoms with Gasteiger partial charge in [0.15, 0.2) is 6.61 Å². The molecule has 3 rings (SSSR count). The van der Waals surface area contributed by atoms with E-state index in [0.29, 0.717) is 17.6 Å². The van der Waals surface area contributed by atoms with Gasteiger partial charge in [-0.2, -0.15) is 0 Å². The summed E-state index contributed by atoms with van der Waals surface area (Å²) in [5, 5.41) is 8.56. The second-order valence-electron chi connectivity index (χ2n) is 5.86. The molecule has 2 saturated carbocycles. The lowest BCUT2D eigenvalue weighted by atomic mass is 10.1. The van der Waals surface area contributed by atoms with E-state index < -0.39 is 5.97 Å². The third-order valence-corrected chi connectivity index (χ3v) is 4.61. The van der Waals surface area contributed by atoms with Crippen LogP contribution in [0.3, 0.4) is 0 Å². The van der Waals surface area contributed by atoms with Crippen LogP contribution >= 0.6 is 0 Å². The smallest absolute Gasteiger partial charge is 0.341 e. The van der Waals surface area contributed by atoms with Gasteiger partial charge in [-0.25, -0.2) is 4.79 Å². The largest absolute Gasteiger partial charge is 0.482 e. The monoisotopic (exact) mass is 289 g/mol. The first-order valence-corrected chi connectivity index (χ1v) is 7.30. The molecule has 0 radical (unpaired) electrons. The third-order valence-electron chi connectivity index (χ3n) is 4.61. The Balaban J connectivity index is 1.61. The van der Waals surface area contributed by atoms with E-state index in [0.717, 1.165) is 5.69 Å². The predicted octanol–water partition coefficient (Wildman–Crippen LogP) is 2.16. The van der Waals surface area contributed by atoms with Gasteiger partial charge < -0.3 is 14.7 Å². The van der Waals surface area contributed by atoms with E-state index in [1.165, 1.54) is 19.3 Å². The quantitative estimate of drug-likeness (QED) is 0.902. The van der Waals surface area contributed by atoms with Crippen LogP contribution in [0.1, 0.15) is 19.3 Å². The van der Waals surface area contributed by atoms with Crippen LogP contribution in [-0.2, 0) is 9.59 Å². The molecule has 1 N–H and O–H groups in total. The lowest BCUT2D eigenvalue weighted by Crippen LogP contribution is -2.29. The second-order valence-corrected chi connectivity index (χ2v) is 5.86. The number of carbonyl (C=O) groups is 2. The van der Waals surface area contributed by atoms with Crippen LogP contribution in [-0.4, -0.2) is 30.6 Å².